The molecule has 0 fully saturated rings. The van der Waals surface area contributed by atoms with Gasteiger partial charge in [0, 0.05) is 29.6 Å². The van der Waals surface area contributed by atoms with Gasteiger partial charge in [0.15, 0.2) is 0 Å². The first kappa shape index (κ1) is 23.2. The van der Waals surface area contributed by atoms with Crippen molar-refractivity contribution < 1.29 is 0 Å². The summed E-state index contributed by atoms with van der Waals surface area (Å²) in [6, 6.07) is 10.9. The Kier molecular flexibility index (Phi) is 18.7. The first-order chi connectivity index (χ1) is 10.9. The van der Waals surface area contributed by atoms with Crippen LogP contribution >= 0.6 is 0 Å². The second-order valence-electron chi connectivity index (χ2n) is 6.83. The van der Waals surface area contributed by atoms with Gasteiger partial charge in [0.2, 0.25) is 0 Å². The zero-order valence-corrected chi connectivity index (χ0v) is 18.0. The van der Waals surface area contributed by atoms with E-state index < -0.39 is 0 Å². The molecule has 1 heteroatoms. The first-order valence-corrected chi connectivity index (χ1v) is 9.97. The zero-order chi connectivity index (χ0) is 15.7. The van der Waals surface area contributed by atoms with Crippen molar-refractivity contribution in [3.8, 4) is 0 Å². The SMILES string of the molecule is CCCCCCCCCCCCCCCCc1ccccc1.[Na]. The van der Waals surface area contributed by atoms with E-state index >= 15 is 0 Å². The second kappa shape index (κ2) is 18.6. The molecule has 0 spiro atoms. The number of benzene rings is 1. The predicted octanol–water partition coefficient (Wildman–Crippen LogP) is 7.33. The van der Waals surface area contributed by atoms with Crippen LogP contribution in [0, 0.1) is 0 Å². The Morgan fingerprint density at radius 1 is 0.522 bits per heavy atom. The van der Waals surface area contributed by atoms with Crippen LogP contribution in [-0.2, 0) is 6.42 Å². The van der Waals surface area contributed by atoms with E-state index in [1.165, 1.54) is 102 Å². The van der Waals surface area contributed by atoms with E-state index in [4.69, 9.17) is 0 Å². The van der Waals surface area contributed by atoms with Gasteiger partial charge in [-0.2, -0.15) is 0 Å². The fourth-order valence-electron chi connectivity index (χ4n) is 3.17. The van der Waals surface area contributed by atoms with Crippen molar-refractivity contribution in [1.29, 1.82) is 0 Å². The summed E-state index contributed by atoms with van der Waals surface area (Å²) >= 11 is 0. The van der Waals surface area contributed by atoms with Crippen LogP contribution in [0.2, 0.25) is 0 Å². The summed E-state index contributed by atoms with van der Waals surface area (Å²) in [6.07, 6.45) is 21.5. The maximum absolute atomic E-state index is 2.29. The van der Waals surface area contributed by atoms with E-state index in [0.717, 1.165) is 0 Å². The van der Waals surface area contributed by atoms with E-state index in [-0.39, 0.29) is 29.6 Å². The fourth-order valence-corrected chi connectivity index (χ4v) is 3.17. The third-order valence-electron chi connectivity index (χ3n) is 4.66. The quantitative estimate of drug-likeness (QED) is 0.234. The van der Waals surface area contributed by atoms with Gasteiger partial charge in [-0.1, -0.05) is 121 Å². The molecule has 0 atom stereocenters. The zero-order valence-electron chi connectivity index (χ0n) is 16.0. The van der Waals surface area contributed by atoms with Crippen molar-refractivity contribution in [1.82, 2.24) is 0 Å². The largest absolute Gasteiger partial charge is 0.0654 e. The van der Waals surface area contributed by atoms with Crippen LogP contribution in [0.15, 0.2) is 30.3 Å². The number of unbranched alkanes of at least 4 members (excludes halogenated alkanes) is 13. The molecule has 1 rings (SSSR count). The van der Waals surface area contributed by atoms with Gasteiger partial charge in [-0.15, -0.1) is 0 Å². The summed E-state index contributed by atoms with van der Waals surface area (Å²) in [6.45, 7) is 2.29. The summed E-state index contributed by atoms with van der Waals surface area (Å²) in [5, 5.41) is 0. The van der Waals surface area contributed by atoms with Crippen molar-refractivity contribution in [3.63, 3.8) is 0 Å². The Morgan fingerprint density at radius 3 is 1.35 bits per heavy atom. The van der Waals surface area contributed by atoms with E-state index in [0.29, 0.717) is 0 Å². The van der Waals surface area contributed by atoms with Crippen molar-refractivity contribution >= 4 is 29.6 Å². The summed E-state index contributed by atoms with van der Waals surface area (Å²) in [7, 11) is 0. The predicted molar refractivity (Wildman–Crippen MR) is 106 cm³/mol. The molecule has 0 aliphatic carbocycles. The van der Waals surface area contributed by atoms with Crippen LogP contribution in [0.1, 0.15) is 102 Å². The third kappa shape index (κ3) is 15.5. The van der Waals surface area contributed by atoms with Crippen molar-refractivity contribution in [2.75, 3.05) is 0 Å². The maximum atomic E-state index is 2.29. The fraction of sp³-hybridized carbons (Fsp3) is 0.727. The summed E-state index contributed by atoms with van der Waals surface area (Å²) < 4.78 is 0. The molecule has 127 valence electrons. The molecule has 23 heavy (non-hydrogen) atoms. The molecule has 0 N–H and O–H groups in total. The molecule has 1 aromatic rings. The van der Waals surface area contributed by atoms with Gasteiger partial charge >= 0.3 is 0 Å². The molecule has 0 aromatic heterocycles. The Hall–Kier alpha value is 0.220. The molecule has 0 saturated heterocycles. The van der Waals surface area contributed by atoms with Gasteiger partial charge in [-0.25, -0.2) is 0 Å². The number of aryl methyl sites for hydroxylation is 1. The molecule has 0 amide bonds. The first-order valence-electron chi connectivity index (χ1n) is 9.97. The maximum Gasteiger partial charge on any atom is 0 e. The molecule has 0 saturated carbocycles. The number of rotatable bonds is 15. The topological polar surface area (TPSA) is 0 Å². The minimum Gasteiger partial charge on any atom is -0.0654 e. The smallest absolute Gasteiger partial charge is 0 e. The van der Waals surface area contributed by atoms with Gasteiger partial charge in [-0.05, 0) is 18.4 Å². The van der Waals surface area contributed by atoms with Gasteiger partial charge in [0.25, 0.3) is 0 Å². The Balaban J connectivity index is 0.00000484. The van der Waals surface area contributed by atoms with E-state index in [1.54, 1.807) is 0 Å². The molecule has 0 bridgehead atoms. The molecule has 1 aromatic carbocycles. The van der Waals surface area contributed by atoms with E-state index in [2.05, 4.69) is 37.3 Å². The average Bonchev–Trinajstić information content (AvgIpc) is 2.56. The molecular formula is C22H38Na. The van der Waals surface area contributed by atoms with Gasteiger partial charge < -0.3 is 0 Å². The minimum atomic E-state index is 0. The molecule has 0 unspecified atom stereocenters. The third-order valence-corrected chi connectivity index (χ3v) is 4.66. The average molecular weight is 326 g/mol. The van der Waals surface area contributed by atoms with Gasteiger partial charge in [-0.3, -0.25) is 0 Å². The van der Waals surface area contributed by atoms with Crippen LogP contribution in [-0.4, -0.2) is 29.6 Å². The molecule has 0 nitrogen and oxygen atoms in total. The monoisotopic (exact) mass is 325 g/mol. The Bertz CT molecular complexity index is 320. The summed E-state index contributed by atoms with van der Waals surface area (Å²) in [4.78, 5) is 0. The Labute approximate surface area is 168 Å². The van der Waals surface area contributed by atoms with Crippen molar-refractivity contribution in [2.24, 2.45) is 0 Å². The van der Waals surface area contributed by atoms with Gasteiger partial charge in [0.1, 0.15) is 0 Å². The minimum absolute atomic E-state index is 0. The molecular weight excluding hydrogens is 287 g/mol. The van der Waals surface area contributed by atoms with E-state index in [9.17, 15) is 0 Å². The van der Waals surface area contributed by atoms with Crippen LogP contribution in [0.4, 0.5) is 0 Å². The summed E-state index contributed by atoms with van der Waals surface area (Å²) in [5.41, 5.74) is 1.50. The molecule has 0 heterocycles. The van der Waals surface area contributed by atoms with E-state index in [1.807, 2.05) is 0 Å². The van der Waals surface area contributed by atoms with Crippen LogP contribution < -0.4 is 0 Å². The number of hydrogen-bond acceptors (Lipinski definition) is 0. The second-order valence-corrected chi connectivity index (χ2v) is 6.83. The summed E-state index contributed by atoms with van der Waals surface area (Å²) in [5.74, 6) is 0. The molecule has 0 aliphatic rings. The standard InChI is InChI=1S/C22H38.Na/c1-2-3-4-5-6-7-8-9-10-11-12-13-14-16-19-22-20-17-15-18-21-22;/h15,17-18,20-21H,2-14,16,19H2,1H3;. The number of hydrogen-bond donors (Lipinski definition) is 0. The molecule has 1 radical (unpaired) electrons. The Morgan fingerprint density at radius 2 is 0.913 bits per heavy atom. The molecule has 0 aliphatic heterocycles. The van der Waals surface area contributed by atoms with Crippen LogP contribution in [0.3, 0.4) is 0 Å². The van der Waals surface area contributed by atoms with Crippen molar-refractivity contribution in [2.45, 2.75) is 103 Å². The van der Waals surface area contributed by atoms with Crippen LogP contribution in [0.5, 0.6) is 0 Å². The van der Waals surface area contributed by atoms with Crippen molar-refractivity contribution in [3.05, 3.63) is 35.9 Å². The van der Waals surface area contributed by atoms with Crippen LogP contribution in [0.25, 0.3) is 0 Å². The van der Waals surface area contributed by atoms with Gasteiger partial charge in [0.05, 0.1) is 0 Å². The normalized spacial score (nSPS) is 10.5.